The van der Waals surface area contributed by atoms with Crippen LogP contribution in [0.3, 0.4) is 0 Å². The van der Waals surface area contributed by atoms with Gasteiger partial charge >= 0.3 is 0 Å². The molecule has 64 valence electrons. The molecular weight excluding hydrogens is 156 g/mol. The average Bonchev–Trinajstić information content (AvgIpc) is 2.49. The highest BCUT2D eigenvalue weighted by atomic mass is 16.1. The molecule has 2 heterocycles. The first-order chi connectivity index (χ1) is 5.77. The molecular formula is C7H10N4O. The van der Waals surface area contributed by atoms with Crippen LogP contribution in [0.5, 0.6) is 0 Å². The van der Waals surface area contributed by atoms with Crippen molar-refractivity contribution in [2.75, 3.05) is 13.2 Å². The zero-order valence-electron chi connectivity index (χ0n) is 6.50. The molecule has 0 aliphatic carbocycles. The van der Waals surface area contributed by atoms with Gasteiger partial charge in [-0.05, 0) is 12.2 Å². The number of nitrogens with one attached hydrogen (secondary N) is 2. The maximum atomic E-state index is 10.8. The summed E-state index contributed by atoms with van der Waals surface area (Å²) < 4.78 is 0. The van der Waals surface area contributed by atoms with Gasteiger partial charge in [0.1, 0.15) is 5.82 Å². The van der Waals surface area contributed by atoms with E-state index in [1.54, 1.807) is 6.08 Å². The fourth-order valence-corrected chi connectivity index (χ4v) is 1.28. The molecule has 5 nitrogen and oxygen atoms in total. The van der Waals surface area contributed by atoms with Crippen LogP contribution in [0.25, 0.3) is 0 Å². The van der Waals surface area contributed by atoms with Crippen LogP contribution in [0.15, 0.2) is 23.5 Å². The maximum absolute atomic E-state index is 10.8. The Balaban J connectivity index is 2.20. The second-order valence-corrected chi connectivity index (χ2v) is 2.77. The number of nitrogens with two attached hydrogens (primary N) is 1. The first kappa shape index (κ1) is 7.17. The largest absolute Gasteiger partial charge is 0.366 e. The van der Waals surface area contributed by atoms with E-state index in [1.165, 1.54) is 0 Å². The predicted octanol–water partition coefficient (Wildman–Crippen LogP) is -1.38. The van der Waals surface area contributed by atoms with E-state index in [1.807, 2.05) is 11.0 Å². The van der Waals surface area contributed by atoms with Crippen LogP contribution >= 0.6 is 0 Å². The van der Waals surface area contributed by atoms with Gasteiger partial charge in [0.2, 0.25) is 5.91 Å². The zero-order valence-corrected chi connectivity index (χ0v) is 6.50. The normalized spacial score (nSPS) is 20.8. The molecule has 12 heavy (non-hydrogen) atoms. The van der Waals surface area contributed by atoms with E-state index < -0.39 is 0 Å². The van der Waals surface area contributed by atoms with Gasteiger partial charge in [0.15, 0.2) is 0 Å². The van der Waals surface area contributed by atoms with Gasteiger partial charge in [0, 0.05) is 5.57 Å². The predicted molar refractivity (Wildman–Crippen MR) is 43.2 cm³/mol. The number of fused-ring (bicyclic) bond motifs is 1. The first-order valence-corrected chi connectivity index (χ1v) is 3.72. The summed E-state index contributed by atoms with van der Waals surface area (Å²) in [5.41, 5.74) is 11.7. The molecule has 2 aliphatic heterocycles. The number of hydrazine groups is 1. The molecule has 2 rings (SSSR count). The number of rotatable bonds is 1. The molecule has 0 saturated carbocycles. The Morgan fingerprint density at radius 2 is 2.42 bits per heavy atom. The van der Waals surface area contributed by atoms with Crippen LogP contribution in [-0.4, -0.2) is 24.0 Å². The minimum Gasteiger partial charge on any atom is -0.366 e. The van der Waals surface area contributed by atoms with Crippen LogP contribution in [-0.2, 0) is 4.79 Å². The Morgan fingerprint density at radius 1 is 1.58 bits per heavy atom. The number of carbonyl (C=O) groups excluding carboxylic acids is 1. The third-order valence-corrected chi connectivity index (χ3v) is 1.95. The van der Waals surface area contributed by atoms with Gasteiger partial charge in [0.25, 0.3) is 0 Å². The topological polar surface area (TPSA) is 70.4 Å². The molecule has 0 radical (unpaired) electrons. The third kappa shape index (κ3) is 1.04. The van der Waals surface area contributed by atoms with Crippen molar-refractivity contribution in [3.05, 3.63) is 23.5 Å². The van der Waals surface area contributed by atoms with Gasteiger partial charge in [-0.15, -0.1) is 0 Å². The van der Waals surface area contributed by atoms with Crippen LogP contribution in [0.2, 0.25) is 0 Å². The fraction of sp³-hybridized carbons (Fsp3) is 0.286. The average molecular weight is 166 g/mol. The molecule has 0 aromatic heterocycles. The highest BCUT2D eigenvalue weighted by Crippen LogP contribution is 2.13. The molecule has 0 bridgehead atoms. The second-order valence-electron chi connectivity index (χ2n) is 2.77. The number of hydrogen-bond donors (Lipinski definition) is 3. The highest BCUT2D eigenvalue weighted by molar-refractivity contribution is 5.93. The smallest absolute Gasteiger partial charge is 0.246 e. The fourth-order valence-electron chi connectivity index (χ4n) is 1.28. The van der Waals surface area contributed by atoms with Crippen molar-refractivity contribution in [2.45, 2.75) is 0 Å². The molecule has 1 saturated heterocycles. The maximum Gasteiger partial charge on any atom is 0.246 e. The number of hydrogen-bond acceptors (Lipinski definition) is 4. The van der Waals surface area contributed by atoms with Crippen molar-refractivity contribution in [3.8, 4) is 0 Å². The van der Waals surface area contributed by atoms with E-state index in [-0.39, 0.29) is 5.91 Å². The van der Waals surface area contributed by atoms with Crippen molar-refractivity contribution in [2.24, 2.45) is 5.73 Å². The molecule has 0 aromatic carbocycles. The van der Waals surface area contributed by atoms with Crippen molar-refractivity contribution < 1.29 is 4.79 Å². The Labute approximate surface area is 69.9 Å². The summed E-state index contributed by atoms with van der Waals surface area (Å²) in [7, 11) is 0. The van der Waals surface area contributed by atoms with E-state index in [2.05, 4.69) is 10.9 Å². The third-order valence-electron chi connectivity index (χ3n) is 1.95. The first-order valence-electron chi connectivity index (χ1n) is 3.72. The van der Waals surface area contributed by atoms with Crippen molar-refractivity contribution >= 4 is 5.91 Å². The molecule has 1 amide bonds. The van der Waals surface area contributed by atoms with Crippen molar-refractivity contribution in [1.82, 2.24) is 15.8 Å². The number of allylic oxidation sites excluding steroid dienone is 2. The Kier molecular flexibility index (Phi) is 1.51. The molecule has 4 N–H and O–H groups in total. The standard InChI is InChI=1S/C7H10N4O/c8-7(12)5-1-2-6-10-9-4-11(6)3-5/h1-2,9-10H,3-4H2,(H2,8,12). The highest BCUT2D eigenvalue weighted by Gasteiger charge is 2.21. The summed E-state index contributed by atoms with van der Waals surface area (Å²) in [5, 5.41) is 0. The zero-order chi connectivity index (χ0) is 8.55. The number of nitrogens with zero attached hydrogens (tertiary/aromatic N) is 1. The summed E-state index contributed by atoms with van der Waals surface area (Å²) in [6, 6.07) is 0. The van der Waals surface area contributed by atoms with Crippen LogP contribution in [0, 0.1) is 0 Å². The van der Waals surface area contributed by atoms with E-state index in [9.17, 15) is 4.79 Å². The lowest BCUT2D eigenvalue weighted by Gasteiger charge is -2.20. The number of primary amides is 1. The van der Waals surface area contributed by atoms with Crippen molar-refractivity contribution in [1.29, 1.82) is 0 Å². The van der Waals surface area contributed by atoms with E-state index in [4.69, 9.17) is 5.73 Å². The number of carbonyl (C=O) groups is 1. The minimum atomic E-state index is -0.350. The molecule has 5 heteroatoms. The summed E-state index contributed by atoms with van der Waals surface area (Å²) in [4.78, 5) is 12.8. The Bertz CT molecular complexity index is 281. The molecule has 0 unspecified atom stereocenters. The molecule has 2 aliphatic rings. The van der Waals surface area contributed by atoms with Gasteiger partial charge in [-0.25, -0.2) is 5.43 Å². The summed E-state index contributed by atoms with van der Waals surface area (Å²) >= 11 is 0. The molecule has 1 fully saturated rings. The lowest BCUT2D eigenvalue weighted by atomic mass is 10.2. The van der Waals surface area contributed by atoms with E-state index in [0.29, 0.717) is 18.8 Å². The molecule has 0 aromatic rings. The van der Waals surface area contributed by atoms with E-state index >= 15 is 0 Å². The Morgan fingerprint density at radius 3 is 3.17 bits per heavy atom. The monoisotopic (exact) mass is 166 g/mol. The molecule has 0 spiro atoms. The van der Waals surface area contributed by atoms with Gasteiger partial charge < -0.3 is 16.1 Å². The van der Waals surface area contributed by atoms with Gasteiger partial charge in [0.05, 0.1) is 13.2 Å². The van der Waals surface area contributed by atoms with Gasteiger partial charge in [-0.1, -0.05) is 0 Å². The second kappa shape index (κ2) is 2.53. The summed E-state index contributed by atoms with van der Waals surface area (Å²) in [6.45, 7) is 1.29. The Hall–Kier alpha value is -1.49. The lowest BCUT2D eigenvalue weighted by Crippen LogP contribution is -2.30. The quantitative estimate of drug-likeness (QED) is 0.449. The lowest BCUT2D eigenvalue weighted by molar-refractivity contribution is -0.114. The van der Waals surface area contributed by atoms with Gasteiger partial charge in [-0.3, -0.25) is 4.79 Å². The van der Waals surface area contributed by atoms with Crippen LogP contribution < -0.4 is 16.6 Å². The summed E-state index contributed by atoms with van der Waals surface area (Å²) in [5.74, 6) is 0.636. The van der Waals surface area contributed by atoms with Crippen molar-refractivity contribution in [3.63, 3.8) is 0 Å². The van der Waals surface area contributed by atoms with Gasteiger partial charge in [-0.2, -0.15) is 0 Å². The molecule has 0 atom stereocenters. The van der Waals surface area contributed by atoms with E-state index in [0.717, 1.165) is 5.82 Å². The van der Waals surface area contributed by atoms with Crippen LogP contribution in [0.1, 0.15) is 0 Å². The number of amides is 1. The summed E-state index contributed by atoms with van der Waals surface area (Å²) in [6.07, 6.45) is 3.58. The minimum absolute atomic E-state index is 0.350. The van der Waals surface area contributed by atoms with Crippen LogP contribution in [0.4, 0.5) is 0 Å². The SMILES string of the molecule is NC(=O)C1=CC=C2NNCN2C1.